The van der Waals surface area contributed by atoms with Crippen LogP contribution in [-0.2, 0) is 0 Å². The fourth-order valence-electron chi connectivity index (χ4n) is 1.25. The number of para-hydroxylation sites is 1. The topological polar surface area (TPSA) is 41.5 Å². The second-order valence-corrected chi connectivity index (χ2v) is 4.98. The molecule has 1 aromatic carbocycles. The molecule has 0 bridgehead atoms. The fourth-order valence-corrected chi connectivity index (χ4v) is 1.79. The molecule has 1 rings (SSSR count). The number of rotatable bonds is 8. The van der Waals surface area contributed by atoms with Crippen LogP contribution in [0.4, 0.5) is 0 Å². The summed E-state index contributed by atoms with van der Waals surface area (Å²) in [5.74, 6) is 1.65. The van der Waals surface area contributed by atoms with Crippen LogP contribution in [0.5, 0.6) is 5.75 Å². The number of aliphatic hydroxyl groups excluding tert-OH is 1. The van der Waals surface area contributed by atoms with E-state index >= 15 is 0 Å². The number of benzene rings is 1. The van der Waals surface area contributed by atoms with E-state index in [9.17, 15) is 5.11 Å². The van der Waals surface area contributed by atoms with Crippen molar-refractivity contribution in [1.82, 2.24) is 5.32 Å². The van der Waals surface area contributed by atoms with E-state index in [-0.39, 0.29) is 6.61 Å². The first-order chi connectivity index (χ1) is 8.24. The standard InChI is InChI=1S/C12H18ClNO2S/c1-17-7-6-14-8-10(15)9-16-12-5-3-2-4-11(12)13/h2-5,10,14-15H,6-9H2,1H3. The lowest BCUT2D eigenvalue weighted by Gasteiger charge is -2.13. The van der Waals surface area contributed by atoms with Crippen molar-refractivity contribution < 1.29 is 9.84 Å². The van der Waals surface area contributed by atoms with Crippen LogP contribution < -0.4 is 10.1 Å². The molecule has 0 aromatic heterocycles. The Morgan fingerprint density at radius 3 is 2.94 bits per heavy atom. The SMILES string of the molecule is CSCCNCC(O)COc1ccccc1Cl. The van der Waals surface area contributed by atoms with Gasteiger partial charge in [-0.2, -0.15) is 11.8 Å². The number of nitrogens with one attached hydrogen (secondary N) is 1. The average molecular weight is 276 g/mol. The van der Waals surface area contributed by atoms with Crippen LogP contribution in [0.3, 0.4) is 0 Å². The second kappa shape index (κ2) is 8.64. The van der Waals surface area contributed by atoms with E-state index < -0.39 is 6.10 Å². The number of aliphatic hydroxyl groups is 1. The Labute approximate surface area is 112 Å². The van der Waals surface area contributed by atoms with Gasteiger partial charge in [-0.15, -0.1) is 0 Å². The normalized spacial score (nSPS) is 12.4. The molecule has 1 aromatic rings. The Morgan fingerprint density at radius 1 is 1.47 bits per heavy atom. The summed E-state index contributed by atoms with van der Waals surface area (Å²) < 4.78 is 5.43. The van der Waals surface area contributed by atoms with E-state index in [1.807, 2.05) is 12.1 Å². The molecule has 0 saturated heterocycles. The van der Waals surface area contributed by atoms with Crippen LogP contribution >= 0.6 is 23.4 Å². The molecule has 3 nitrogen and oxygen atoms in total. The molecular weight excluding hydrogens is 258 g/mol. The molecule has 0 heterocycles. The van der Waals surface area contributed by atoms with Crippen molar-refractivity contribution >= 4 is 23.4 Å². The molecule has 96 valence electrons. The summed E-state index contributed by atoms with van der Waals surface area (Å²) in [6, 6.07) is 7.25. The predicted octanol–water partition coefficient (Wildman–Crippen LogP) is 2.03. The van der Waals surface area contributed by atoms with Gasteiger partial charge in [-0.3, -0.25) is 0 Å². The monoisotopic (exact) mass is 275 g/mol. The van der Waals surface area contributed by atoms with Gasteiger partial charge in [-0.1, -0.05) is 23.7 Å². The first kappa shape index (κ1) is 14.6. The number of thioether (sulfide) groups is 1. The summed E-state index contributed by atoms with van der Waals surface area (Å²) in [5.41, 5.74) is 0. The highest BCUT2D eigenvalue weighted by Gasteiger charge is 2.06. The van der Waals surface area contributed by atoms with Crippen molar-refractivity contribution in [3.8, 4) is 5.75 Å². The van der Waals surface area contributed by atoms with Crippen molar-refractivity contribution in [2.45, 2.75) is 6.10 Å². The quantitative estimate of drug-likeness (QED) is 0.713. The highest BCUT2D eigenvalue weighted by Crippen LogP contribution is 2.22. The maximum absolute atomic E-state index is 9.66. The molecule has 0 aliphatic heterocycles. The van der Waals surface area contributed by atoms with Gasteiger partial charge in [0.25, 0.3) is 0 Å². The summed E-state index contributed by atoms with van der Waals surface area (Å²) in [7, 11) is 0. The summed E-state index contributed by atoms with van der Waals surface area (Å²) in [4.78, 5) is 0. The third-order valence-electron chi connectivity index (χ3n) is 2.13. The summed E-state index contributed by atoms with van der Waals surface area (Å²) in [6.07, 6.45) is 1.53. The summed E-state index contributed by atoms with van der Waals surface area (Å²) >= 11 is 7.70. The minimum absolute atomic E-state index is 0.246. The Kier molecular flexibility index (Phi) is 7.44. The van der Waals surface area contributed by atoms with Crippen molar-refractivity contribution in [2.24, 2.45) is 0 Å². The molecule has 0 radical (unpaired) electrons. The molecule has 17 heavy (non-hydrogen) atoms. The third-order valence-corrected chi connectivity index (χ3v) is 3.06. The molecule has 2 N–H and O–H groups in total. The molecule has 0 saturated carbocycles. The van der Waals surface area contributed by atoms with Gasteiger partial charge in [0.15, 0.2) is 0 Å². The van der Waals surface area contributed by atoms with Gasteiger partial charge in [-0.25, -0.2) is 0 Å². The minimum Gasteiger partial charge on any atom is -0.489 e. The van der Waals surface area contributed by atoms with Crippen molar-refractivity contribution in [3.05, 3.63) is 29.3 Å². The zero-order valence-corrected chi connectivity index (χ0v) is 11.4. The Hall–Kier alpha value is -0.420. The Balaban J connectivity index is 2.19. The van der Waals surface area contributed by atoms with Gasteiger partial charge in [0.05, 0.1) is 5.02 Å². The van der Waals surface area contributed by atoms with Crippen LogP contribution in [0.25, 0.3) is 0 Å². The van der Waals surface area contributed by atoms with Gasteiger partial charge in [0.1, 0.15) is 18.5 Å². The molecule has 1 atom stereocenters. The molecule has 0 fully saturated rings. The van der Waals surface area contributed by atoms with E-state index in [1.165, 1.54) is 0 Å². The smallest absolute Gasteiger partial charge is 0.138 e. The van der Waals surface area contributed by atoms with Crippen LogP contribution in [0.15, 0.2) is 24.3 Å². The number of halogens is 1. The minimum atomic E-state index is -0.520. The molecular formula is C12H18ClNO2S. The van der Waals surface area contributed by atoms with E-state index in [1.54, 1.807) is 23.9 Å². The van der Waals surface area contributed by atoms with E-state index in [0.29, 0.717) is 17.3 Å². The maximum Gasteiger partial charge on any atom is 0.138 e. The number of ether oxygens (including phenoxy) is 1. The Morgan fingerprint density at radius 2 is 2.24 bits per heavy atom. The largest absolute Gasteiger partial charge is 0.489 e. The lowest BCUT2D eigenvalue weighted by Crippen LogP contribution is -2.32. The number of hydrogen-bond acceptors (Lipinski definition) is 4. The Bertz CT molecular complexity index is 325. The molecule has 0 spiro atoms. The van der Waals surface area contributed by atoms with Gasteiger partial charge >= 0.3 is 0 Å². The summed E-state index contributed by atoms with van der Waals surface area (Å²) in [6.45, 7) is 1.67. The lowest BCUT2D eigenvalue weighted by atomic mass is 10.3. The van der Waals surface area contributed by atoms with E-state index in [0.717, 1.165) is 12.3 Å². The number of hydrogen-bond donors (Lipinski definition) is 2. The summed E-state index contributed by atoms with van der Waals surface area (Å²) in [5, 5.41) is 13.4. The highest BCUT2D eigenvalue weighted by molar-refractivity contribution is 7.98. The zero-order chi connectivity index (χ0) is 12.5. The predicted molar refractivity (Wildman–Crippen MR) is 74.2 cm³/mol. The van der Waals surface area contributed by atoms with Crippen molar-refractivity contribution in [2.75, 3.05) is 31.7 Å². The fraction of sp³-hybridized carbons (Fsp3) is 0.500. The maximum atomic E-state index is 9.66. The van der Waals surface area contributed by atoms with Gasteiger partial charge < -0.3 is 15.2 Å². The van der Waals surface area contributed by atoms with Crippen LogP contribution in [-0.4, -0.2) is 42.9 Å². The molecule has 0 aliphatic rings. The van der Waals surface area contributed by atoms with Gasteiger partial charge in [-0.05, 0) is 18.4 Å². The van der Waals surface area contributed by atoms with Crippen LogP contribution in [0.1, 0.15) is 0 Å². The van der Waals surface area contributed by atoms with Crippen LogP contribution in [0.2, 0.25) is 5.02 Å². The van der Waals surface area contributed by atoms with Gasteiger partial charge in [0.2, 0.25) is 0 Å². The van der Waals surface area contributed by atoms with Gasteiger partial charge in [0, 0.05) is 18.8 Å². The zero-order valence-electron chi connectivity index (χ0n) is 9.86. The average Bonchev–Trinajstić information content (AvgIpc) is 2.34. The first-order valence-corrected chi connectivity index (χ1v) is 7.26. The van der Waals surface area contributed by atoms with Crippen molar-refractivity contribution in [1.29, 1.82) is 0 Å². The molecule has 1 unspecified atom stereocenters. The molecule has 5 heteroatoms. The molecule has 0 aliphatic carbocycles. The van der Waals surface area contributed by atoms with Crippen LogP contribution in [0, 0.1) is 0 Å². The third kappa shape index (κ3) is 6.17. The lowest BCUT2D eigenvalue weighted by molar-refractivity contribution is 0.107. The van der Waals surface area contributed by atoms with E-state index in [2.05, 4.69) is 11.6 Å². The first-order valence-electron chi connectivity index (χ1n) is 5.49. The highest BCUT2D eigenvalue weighted by atomic mass is 35.5. The molecule has 0 amide bonds. The van der Waals surface area contributed by atoms with Crippen molar-refractivity contribution in [3.63, 3.8) is 0 Å². The second-order valence-electron chi connectivity index (χ2n) is 3.59. The van der Waals surface area contributed by atoms with E-state index in [4.69, 9.17) is 16.3 Å².